The summed E-state index contributed by atoms with van der Waals surface area (Å²) in [5.41, 5.74) is 3.21. The lowest BCUT2D eigenvalue weighted by Gasteiger charge is -2.24. The lowest BCUT2D eigenvalue weighted by molar-refractivity contribution is 0.0677. The van der Waals surface area contributed by atoms with Gasteiger partial charge in [-0.3, -0.25) is 4.79 Å². The van der Waals surface area contributed by atoms with E-state index in [1.165, 1.54) is 0 Å². The molecule has 0 bridgehead atoms. The molecule has 2 unspecified atom stereocenters. The number of ether oxygens (including phenoxy) is 1. The summed E-state index contributed by atoms with van der Waals surface area (Å²) in [7, 11) is 0. The number of aliphatic hydroxyl groups is 1. The van der Waals surface area contributed by atoms with E-state index in [0.717, 1.165) is 29.5 Å². The zero-order chi connectivity index (χ0) is 22.7. The smallest absolute Gasteiger partial charge is 0.254 e. The molecule has 0 spiro atoms. The molecule has 4 rings (SSSR count). The van der Waals surface area contributed by atoms with E-state index in [1.54, 1.807) is 11.0 Å². The molecule has 0 aliphatic carbocycles. The van der Waals surface area contributed by atoms with Crippen molar-refractivity contribution in [2.24, 2.45) is 0 Å². The minimum absolute atomic E-state index is 0.00742. The first-order chi connectivity index (χ1) is 15.5. The van der Waals surface area contributed by atoms with Gasteiger partial charge in [0.2, 0.25) is 0 Å². The standard InChI is InChI=1S/C26H25Cl2NO3/c1-17-15-19(26(31)29-14-4-5-21(29)16-30)10-13-24(17)32-25(18-8-11-20(27)12-9-18)22-6-2-3-7-23(22)28/h2-3,6-13,15,21,25,30H,4-5,14,16H2,1H3. The van der Waals surface area contributed by atoms with Gasteiger partial charge in [0.25, 0.3) is 5.91 Å². The van der Waals surface area contributed by atoms with Crippen molar-refractivity contribution in [1.82, 2.24) is 4.90 Å². The summed E-state index contributed by atoms with van der Waals surface area (Å²) >= 11 is 12.6. The molecular weight excluding hydrogens is 445 g/mol. The van der Waals surface area contributed by atoms with Gasteiger partial charge in [-0.05, 0) is 67.3 Å². The Kier molecular flexibility index (Phi) is 7.04. The minimum Gasteiger partial charge on any atom is -0.481 e. The predicted octanol–water partition coefficient (Wildman–Crippen LogP) is 6.07. The third-order valence-corrected chi connectivity index (χ3v) is 6.47. The SMILES string of the molecule is Cc1cc(C(=O)N2CCCC2CO)ccc1OC(c1ccc(Cl)cc1)c1ccccc1Cl. The maximum Gasteiger partial charge on any atom is 0.254 e. The molecule has 1 fully saturated rings. The normalized spacial score (nSPS) is 16.8. The number of aliphatic hydroxyl groups excluding tert-OH is 1. The molecule has 1 amide bonds. The zero-order valence-corrected chi connectivity index (χ0v) is 19.3. The second-order valence-electron chi connectivity index (χ2n) is 8.03. The van der Waals surface area contributed by atoms with Crippen molar-refractivity contribution < 1.29 is 14.6 Å². The number of nitrogens with zero attached hydrogens (tertiary/aromatic N) is 1. The molecule has 3 aromatic rings. The quantitative estimate of drug-likeness (QED) is 0.476. The van der Waals surface area contributed by atoms with Crippen molar-refractivity contribution in [1.29, 1.82) is 0 Å². The summed E-state index contributed by atoms with van der Waals surface area (Å²) in [6.07, 6.45) is 1.32. The Hall–Kier alpha value is -2.53. The number of likely N-dealkylation sites (tertiary alicyclic amines) is 1. The first kappa shape index (κ1) is 22.7. The van der Waals surface area contributed by atoms with Crippen LogP contribution in [0.15, 0.2) is 66.7 Å². The van der Waals surface area contributed by atoms with Crippen LogP contribution in [0.2, 0.25) is 10.0 Å². The van der Waals surface area contributed by atoms with Gasteiger partial charge in [0.05, 0.1) is 12.6 Å². The first-order valence-corrected chi connectivity index (χ1v) is 11.4. The number of amides is 1. The lowest BCUT2D eigenvalue weighted by atomic mass is 10.0. The number of benzene rings is 3. The van der Waals surface area contributed by atoms with Crippen molar-refractivity contribution in [3.8, 4) is 5.75 Å². The van der Waals surface area contributed by atoms with E-state index in [4.69, 9.17) is 27.9 Å². The van der Waals surface area contributed by atoms with Crippen LogP contribution in [0.5, 0.6) is 5.75 Å². The molecule has 166 valence electrons. The molecule has 0 radical (unpaired) electrons. The maximum absolute atomic E-state index is 13.0. The molecule has 1 heterocycles. The fourth-order valence-corrected chi connectivity index (χ4v) is 4.50. The number of aryl methyl sites for hydroxylation is 1. The van der Waals surface area contributed by atoms with Crippen molar-refractivity contribution in [3.63, 3.8) is 0 Å². The fourth-order valence-electron chi connectivity index (χ4n) is 4.14. The van der Waals surface area contributed by atoms with Crippen LogP contribution in [0, 0.1) is 6.92 Å². The van der Waals surface area contributed by atoms with Crippen molar-refractivity contribution in [2.45, 2.75) is 31.9 Å². The van der Waals surface area contributed by atoms with E-state index in [2.05, 4.69) is 0 Å². The Labute approximate surface area is 198 Å². The Bertz CT molecular complexity index is 1100. The third-order valence-electron chi connectivity index (χ3n) is 5.88. The minimum atomic E-state index is -0.432. The van der Waals surface area contributed by atoms with Crippen LogP contribution in [0.1, 0.15) is 46.0 Å². The van der Waals surface area contributed by atoms with Gasteiger partial charge in [-0.2, -0.15) is 0 Å². The van der Waals surface area contributed by atoms with Gasteiger partial charge < -0.3 is 14.7 Å². The average Bonchev–Trinajstić information content (AvgIpc) is 3.28. The van der Waals surface area contributed by atoms with Gasteiger partial charge in [-0.15, -0.1) is 0 Å². The van der Waals surface area contributed by atoms with Crippen LogP contribution in [0.3, 0.4) is 0 Å². The maximum atomic E-state index is 13.0. The molecule has 1 saturated heterocycles. The van der Waals surface area contributed by atoms with Crippen molar-refractivity contribution in [3.05, 3.63) is 99.0 Å². The second kappa shape index (κ2) is 9.95. The Morgan fingerprint density at radius 2 is 1.88 bits per heavy atom. The van der Waals surface area contributed by atoms with Crippen molar-refractivity contribution in [2.75, 3.05) is 13.2 Å². The van der Waals surface area contributed by atoms with Crippen LogP contribution in [0.4, 0.5) is 0 Å². The van der Waals surface area contributed by atoms with E-state index >= 15 is 0 Å². The highest BCUT2D eigenvalue weighted by atomic mass is 35.5. The van der Waals surface area contributed by atoms with Crippen molar-refractivity contribution >= 4 is 29.1 Å². The van der Waals surface area contributed by atoms with E-state index in [-0.39, 0.29) is 18.6 Å². The summed E-state index contributed by atoms with van der Waals surface area (Å²) in [5, 5.41) is 10.8. The van der Waals surface area contributed by atoms with Crippen LogP contribution in [-0.2, 0) is 0 Å². The Morgan fingerprint density at radius 1 is 1.12 bits per heavy atom. The molecule has 1 aliphatic rings. The molecular formula is C26H25Cl2NO3. The highest BCUT2D eigenvalue weighted by Crippen LogP contribution is 2.35. The van der Waals surface area contributed by atoms with Crippen LogP contribution < -0.4 is 4.74 Å². The highest BCUT2D eigenvalue weighted by molar-refractivity contribution is 6.31. The van der Waals surface area contributed by atoms with Gasteiger partial charge in [0.1, 0.15) is 5.75 Å². The molecule has 32 heavy (non-hydrogen) atoms. The highest BCUT2D eigenvalue weighted by Gasteiger charge is 2.29. The number of carbonyl (C=O) groups is 1. The number of hydrogen-bond donors (Lipinski definition) is 1. The summed E-state index contributed by atoms with van der Waals surface area (Å²) in [6, 6.07) is 20.4. The molecule has 1 N–H and O–H groups in total. The van der Waals surface area contributed by atoms with Gasteiger partial charge in [-0.1, -0.05) is 53.5 Å². The zero-order valence-electron chi connectivity index (χ0n) is 17.8. The fraction of sp³-hybridized carbons (Fsp3) is 0.269. The summed E-state index contributed by atoms with van der Waals surface area (Å²) in [4.78, 5) is 14.7. The number of rotatable bonds is 6. The number of carbonyl (C=O) groups excluding carboxylic acids is 1. The van der Waals surface area contributed by atoms with Crippen LogP contribution in [0.25, 0.3) is 0 Å². The molecule has 2 atom stereocenters. The van der Waals surface area contributed by atoms with Gasteiger partial charge in [0, 0.05) is 27.7 Å². The lowest BCUT2D eigenvalue weighted by Crippen LogP contribution is -2.37. The van der Waals surface area contributed by atoms with E-state index in [9.17, 15) is 9.90 Å². The molecule has 0 saturated carbocycles. The monoisotopic (exact) mass is 469 g/mol. The molecule has 1 aliphatic heterocycles. The summed E-state index contributed by atoms with van der Waals surface area (Å²) in [5.74, 6) is 0.609. The van der Waals surface area contributed by atoms with Gasteiger partial charge in [0.15, 0.2) is 6.10 Å². The topological polar surface area (TPSA) is 49.8 Å². The third kappa shape index (κ3) is 4.78. The summed E-state index contributed by atoms with van der Waals surface area (Å²) < 4.78 is 6.45. The molecule has 6 heteroatoms. The number of hydrogen-bond acceptors (Lipinski definition) is 3. The molecule has 3 aromatic carbocycles. The number of halogens is 2. The molecule has 4 nitrogen and oxygen atoms in total. The first-order valence-electron chi connectivity index (χ1n) is 10.7. The largest absolute Gasteiger partial charge is 0.481 e. The van der Waals surface area contributed by atoms with E-state index < -0.39 is 6.10 Å². The van der Waals surface area contributed by atoms with Crippen LogP contribution in [-0.4, -0.2) is 35.1 Å². The Balaban J connectivity index is 1.63. The Morgan fingerprint density at radius 3 is 2.56 bits per heavy atom. The summed E-state index contributed by atoms with van der Waals surface area (Å²) in [6.45, 7) is 2.59. The second-order valence-corrected chi connectivity index (χ2v) is 8.87. The van der Waals surface area contributed by atoms with E-state index in [0.29, 0.717) is 27.9 Å². The van der Waals surface area contributed by atoms with Gasteiger partial charge >= 0.3 is 0 Å². The van der Waals surface area contributed by atoms with Gasteiger partial charge in [-0.25, -0.2) is 0 Å². The van der Waals surface area contributed by atoms with E-state index in [1.807, 2.05) is 67.6 Å². The predicted molar refractivity (Wildman–Crippen MR) is 128 cm³/mol. The van der Waals surface area contributed by atoms with Crippen LogP contribution >= 0.6 is 23.2 Å². The average molecular weight is 470 g/mol. The molecule has 0 aromatic heterocycles.